The van der Waals surface area contributed by atoms with Gasteiger partial charge in [-0.25, -0.2) is 0 Å². The fraction of sp³-hybridized carbons (Fsp3) is 0.316. The van der Waals surface area contributed by atoms with Gasteiger partial charge in [0.05, 0.1) is 6.61 Å². The number of ether oxygens (including phenoxy) is 1. The van der Waals surface area contributed by atoms with E-state index in [9.17, 15) is 14.9 Å². The van der Waals surface area contributed by atoms with E-state index in [4.69, 9.17) is 4.74 Å². The topological polar surface area (TPSA) is 84.1 Å². The number of rotatable bonds is 6. The van der Waals surface area contributed by atoms with E-state index in [1.165, 1.54) is 17.2 Å². The van der Waals surface area contributed by atoms with Crippen LogP contribution in [0.4, 0.5) is 5.69 Å². The summed E-state index contributed by atoms with van der Waals surface area (Å²) in [6.45, 7) is 3.73. The number of aromatic nitrogens is 1. The highest BCUT2D eigenvalue weighted by Crippen LogP contribution is 2.23. The molecule has 0 fully saturated rings. The first-order chi connectivity index (χ1) is 12.4. The average molecular weight is 418 g/mol. The Balaban J connectivity index is 2.31. The molecule has 0 aliphatic carbocycles. The molecular formula is C19H20BrN3O3. The Morgan fingerprint density at radius 3 is 2.54 bits per heavy atom. The molecule has 0 bridgehead atoms. The van der Waals surface area contributed by atoms with Crippen LogP contribution in [-0.4, -0.2) is 17.6 Å². The number of nitrogens with zero attached hydrogens (tertiary/aromatic N) is 2. The Hall–Kier alpha value is -2.43. The van der Waals surface area contributed by atoms with Crippen molar-refractivity contribution in [2.75, 3.05) is 12.4 Å². The number of amides is 1. The van der Waals surface area contributed by atoms with Crippen molar-refractivity contribution in [2.45, 2.75) is 33.4 Å². The molecular weight excluding hydrogens is 398 g/mol. The van der Waals surface area contributed by atoms with Gasteiger partial charge < -0.3 is 14.6 Å². The van der Waals surface area contributed by atoms with Crippen molar-refractivity contribution in [1.29, 1.82) is 5.26 Å². The summed E-state index contributed by atoms with van der Waals surface area (Å²) in [5, 5.41) is 12.1. The Morgan fingerprint density at radius 2 is 2.00 bits per heavy atom. The predicted molar refractivity (Wildman–Crippen MR) is 103 cm³/mol. The van der Waals surface area contributed by atoms with E-state index in [0.29, 0.717) is 21.4 Å². The number of carbonyl (C=O) groups excluding carboxylic acids is 1. The lowest BCUT2D eigenvalue weighted by molar-refractivity contribution is -0.116. The van der Waals surface area contributed by atoms with Gasteiger partial charge in [-0.15, -0.1) is 0 Å². The lowest BCUT2D eigenvalue weighted by atomic mass is 10.1. The molecule has 7 heteroatoms. The van der Waals surface area contributed by atoms with Crippen LogP contribution in [0.3, 0.4) is 0 Å². The van der Waals surface area contributed by atoms with Crippen LogP contribution >= 0.6 is 15.9 Å². The molecule has 0 aliphatic heterocycles. The number of hydrogen-bond donors (Lipinski definition) is 1. The largest absolute Gasteiger partial charge is 0.380 e. The second kappa shape index (κ2) is 8.79. The molecule has 0 radical (unpaired) electrons. The van der Waals surface area contributed by atoms with Crippen molar-refractivity contribution in [3.05, 3.63) is 61.5 Å². The molecule has 0 saturated heterocycles. The number of nitriles is 1. The zero-order valence-electron chi connectivity index (χ0n) is 14.9. The van der Waals surface area contributed by atoms with Crippen LogP contribution in [0.25, 0.3) is 0 Å². The van der Waals surface area contributed by atoms with Crippen LogP contribution in [0.2, 0.25) is 0 Å². The van der Waals surface area contributed by atoms with Crippen LogP contribution in [-0.2, 0) is 29.1 Å². The SMILES string of the molecule is CCc1ccc(NC(=O)Cn2c(C)c(Br)c(COC)c(C#N)c2=O)cc1. The highest BCUT2D eigenvalue weighted by molar-refractivity contribution is 9.10. The van der Waals surface area contributed by atoms with Crippen molar-refractivity contribution >= 4 is 27.5 Å². The first-order valence-corrected chi connectivity index (χ1v) is 8.91. The van der Waals surface area contributed by atoms with Gasteiger partial charge in [-0.3, -0.25) is 9.59 Å². The second-order valence-electron chi connectivity index (χ2n) is 5.79. The molecule has 1 heterocycles. The van der Waals surface area contributed by atoms with Crippen molar-refractivity contribution in [2.24, 2.45) is 0 Å². The van der Waals surface area contributed by atoms with Crippen LogP contribution in [0, 0.1) is 18.3 Å². The maximum absolute atomic E-state index is 12.6. The lowest BCUT2D eigenvalue weighted by Gasteiger charge is -2.16. The number of methoxy groups -OCH3 is 1. The number of anilines is 1. The van der Waals surface area contributed by atoms with E-state index < -0.39 is 5.56 Å². The van der Waals surface area contributed by atoms with Gasteiger partial charge in [-0.2, -0.15) is 5.26 Å². The molecule has 1 amide bonds. The molecule has 1 aromatic heterocycles. The fourth-order valence-electron chi connectivity index (χ4n) is 2.62. The second-order valence-corrected chi connectivity index (χ2v) is 6.58. The molecule has 136 valence electrons. The van der Waals surface area contributed by atoms with Crippen molar-refractivity contribution in [1.82, 2.24) is 4.57 Å². The summed E-state index contributed by atoms with van der Waals surface area (Å²) in [6.07, 6.45) is 0.918. The summed E-state index contributed by atoms with van der Waals surface area (Å²) in [6, 6.07) is 9.45. The summed E-state index contributed by atoms with van der Waals surface area (Å²) in [5.74, 6) is -0.338. The van der Waals surface area contributed by atoms with Gasteiger partial charge in [0.15, 0.2) is 0 Å². The number of hydrogen-bond acceptors (Lipinski definition) is 4. The molecule has 2 aromatic rings. The number of benzene rings is 1. The molecule has 0 unspecified atom stereocenters. The fourth-order valence-corrected chi connectivity index (χ4v) is 3.14. The minimum atomic E-state index is -0.503. The van der Waals surface area contributed by atoms with E-state index in [1.54, 1.807) is 6.92 Å². The Bertz CT molecular complexity index is 912. The number of nitrogens with one attached hydrogen (secondary N) is 1. The first-order valence-electron chi connectivity index (χ1n) is 8.12. The molecule has 26 heavy (non-hydrogen) atoms. The van der Waals surface area contributed by atoms with Gasteiger partial charge in [0.25, 0.3) is 5.56 Å². The van der Waals surface area contributed by atoms with Gasteiger partial charge in [0, 0.05) is 28.5 Å². The van der Waals surface area contributed by atoms with Crippen LogP contribution in [0.15, 0.2) is 33.5 Å². The van der Waals surface area contributed by atoms with E-state index in [2.05, 4.69) is 28.2 Å². The molecule has 0 spiro atoms. The smallest absolute Gasteiger partial charge is 0.269 e. The molecule has 6 nitrogen and oxygen atoms in total. The van der Waals surface area contributed by atoms with Gasteiger partial charge >= 0.3 is 0 Å². The highest BCUT2D eigenvalue weighted by Gasteiger charge is 2.19. The third-order valence-corrected chi connectivity index (χ3v) is 5.15. The normalized spacial score (nSPS) is 10.4. The summed E-state index contributed by atoms with van der Waals surface area (Å²) in [7, 11) is 1.49. The molecule has 2 rings (SSSR count). The average Bonchev–Trinajstić information content (AvgIpc) is 2.64. The Morgan fingerprint density at radius 1 is 1.35 bits per heavy atom. The number of halogens is 1. The number of pyridine rings is 1. The van der Waals surface area contributed by atoms with Crippen LogP contribution < -0.4 is 10.9 Å². The zero-order chi connectivity index (χ0) is 19.3. The number of carbonyl (C=O) groups is 1. The third kappa shape index (κ3) is 4.21. The summed E-state index contributed by atoms with van der Waals surface area (Å²) >= 11 is 3.41. The quantitative estimate of drug-likeness (QED) is 0.781. The monoisotopic (exact) mass is 417 g/mol. The lowest BCUT2D eigenvalue weighted by Crippen LogP contribution is -2.32. The Kier molecular flexibility index (Phi) is 6.72. The third-order valence-electron chi connectivity index (χ3n) is 4.10. The van der Waals surface area contributed by atoms with Gasteiger partial charge in [-0.1, -0.05) is 19.1 Å². The minimum Gasteiger partial charge on any atom is -0.380 e. The minimum absolute atomic E-state index is 0.0237. The van der Waals surface area contributed by atoms with Crippen LogP contribution in [0.5, 0.6) is 0 Å². The maximum atomic E-state index is 12.6. The summed E-state index contributed by atoms with van der Waals surface area (Å²) in [5.41, 5.74) is 2.36. The molecule has 0 atom stereocenters. The van der Waals surface area contributed by atoms with E-state index in [-0.39, 0.29) is 24.6 Å². The molecule has 1 aromatic carbocycles. The summed E-state index contributed by atoms with van der Waals surface area (Å²) < 4.78 is 6.95. The predicted octanol–water partition coefficient (Wildman–Crippen LogP) is 3.14. The molecule has 0 saturated carbocycles. The van der Waals surface area contributed by atoms with Gasteiger partial charge in [0.2, 0.25) is 5.91 Å². The van der Waals surface area contributed by atoms with Crippen molar-refractivity contribution < 1.29 is 9.53 Å². The maximum Gasteiger partial charge on any atom is 0.269 e. The highest BCUT2D eigenvalue weighted by atomic mass is 79.9. The van der Waals surface area contributed by atoms with E-state index in [0.717, 1.165) is 6.42 Å². The number of aryl methyl sites for hydroxylation is 1. The zero-order valence-corrected chi connectivity index (χ0v) is 16.5. The molecule has 0 aliphatic rings. The summed E-state index contributed by atoms with van der Waals surface area (Å²) in [4.78, 5) is 25.0. The van der Waals surface area contributed by atoms with Crippen LogP contribution in [0.1, 0.15) is 29.3 Å². The first kappa shape index (κ1) is 19.9. The van der Waals surface area contributed by atoms with E-state index >= 15 is 0 Å². The van der Waals surface area contributed by atoms with Crippen molar-refractivity contribution in [3.63, 3.8) is 0 Å². The Labute approximate surface area is 160 Å². The van der Waals surface area contributed by atoms with Gasteiger partial charge in [0.1, 0.15) is 18.2 Å². The van der Waals surface area contributed by atoms with E-state index in [1.807, 2.05) is 30.3 Å². The van der Waals surface area contributed by atoms with Crippen molar-refractivity contribution in [3.8, 4) is 6.07 Å². The van der Waals surface area contributed by atoms with Gasteiger partial charge in [-0.05, 0) is 47.0 Å². The standard InChI is InChI=1S/C19H20BrN3O3/c1-4-13-5-7-14(8-6-13)22-17(24)10-23-12(2)18(20)16(11-26-3)15(9-21)19(23)25/h5-8H,4,10-11H2,1-3H3,(H,22,24). The molecule has 1 N–H and O–H groups in total.